The largest absolute Gasteiger partial charge is 0.371 e. The van der Waals surface area contributed by atoms with Gasteiger partial charge in [-0.25, -0.2) is 0 Å². The smallest absolute Gasteiger partial charge is 0.0399 e. The van der Waals surface area contributed by atoms with E-state index in [1.807, 2.05) is 0 Å². The van der Waals surface area contributed by atoms with Crippen molar-refractivity contribution in [2.75, 3.05) is 18.5 Å². The summed E-state index contributed by atoms with van der Waals surface area (Å²) in [5.74, 6) is 0. The number of para-hydroxylation sites is 1. The molecule has 0 spiro atoms. The minimum atomic E-state index is 0.613. The highest BCUT2D eigenvalue weighted by Crippen LogP contribution is 2.31. The fraction of sp³-hybridized carbons (Fsp3) is 0.455. The first-order chi connectivity index (χ1) is 6.33. The van der Waals surface area contributed by atoms with E-state index in [0.29, 0.717) is 6.04 Å². The molecule has 13 heavy (non-hydrogen) atoms. The van der Waals surface area contributed by atoms with Crippen molar-refractivity contribution < 1.29 is 0 Å². The zero-order valence-corrected chi connectivity index (χ0v) is 8.03. The van der Waals surface area contributed by atoms with E-state index in [1.165, 1.54) is 11.3 Å². The molecule has 70 valence electrons. The number of nitrogens with two attached hydrogens (primary N) is 1. The number of hydrogen-bond acceptors (Lipinski definition) is 2. The summed E-state index contributed by atoms with van der Waals surface area (Å²) < 4.78 is 0. The molecule has 1 heterocycles. The van der Waals surface area contributed by atoms with Crippen molar-refractivity contribution in [2.24, 2.45) is 5.73 Å². The van der Waals surface area contributed by atoms with Gasteiger partial charge in [0.25, 0.3) is 0 Å². The number of fused-ring (bicyclic) bond motifs is 1. The number of anilines is 1. The third-order valence-electron chi connectivity index (χ3n) is 2.87. The van der Waals surface area contributed by atoms with Gasteiger partial charge in [-0.15, -0.1) is 0 Å². The Labute approximate surface area is 79.4 Å². The van der Waals surface area contributed by atoms with Gasteiger partial charge in [-0.2, -0.15) is 0 Å². The number of likely N-dealkylation sites (N-methyl/N-ethyl adjacent to an activating group) is 1. The van der Waals surface area contributed by atoms with Crippen LogP contribution in [0.2, 0.25) is 0 Å². The normalized spacial score (nSPS) is 20.5. The molecule has 0 aliphatic carbocycles. The van der Waals surface area contributed by atoms with Gasteiger partial charge in [0.05, 0.1) is 0 Å². The Morgan fingerprint density at radius 3 is 2.92 bits per heavy atom. The molecule has 0 saturated heterocycles. The minimum Gasteiger partial charge on any atom is -0.371 e. The van der Waals surface area contributed by atoms with E-state index in [0.717, 1.165) is 19.4 Å². The van der Waals surface area contributed by atoms with Crippen LogP contribution in [0.3, 0.4) is 0 Å². The first kappa shape index (κ1) is 8.57. The Hall–Kier alpha value is -1.02. The second-order valence-electron chi connectivity index (χ2n) is 3.67. The van der Waals surface area contributed by atoms with E-state index in [2.05, 4.69) is 36.2 Å². The van der Waals surface area contributed by atoms with Crippen molar-refractivity contribution >= 4 is 5.69 Å². The molecule has 1 aromatic carbocycles. The lowest BCUT2D eigenvalue weighted by molar-refractivity contribution is 0.617. The van der Waals surface area contributed by atoms with Crippen LogP contribution in [-0.2, 0) is 6.42 Å². The molecule has 2 rings (SSSR count). The number of benzene rings is 1. The molecule has 2 heteroatoms. The van der Waals surface area contributed by atoms with Crippen molar-refractivity contribution in [3.63, 3.8) is 0 Å². The summed E-state index contributed by atoms with van der Waals surface area (Å²) in [5.41, 5.74) is 8.42. The molecule has 0 amide bonds. The number of rotatable bonds is 2. The molecule has 0 fully saturated rings. The van der Waals surface area contributed by atoms with Gasteiger partial charge in [-0.3, -0.25) is 0 Å². The maximum absolute atomic E-state index is 5.58. The van der Waals surface area contributed by atoms with E-state index in [9.17, 15) is 0 Å². The van der Waals surface area contributed by atoms with Crippen LogP contribution in [0, 0.1) is 0 Å². The van der Waals surface area contributed by atoms with Crippen molar-refractivity contribution in [1.29, 1.82) is 0 Å². The molecule has 1 aliphatic rings. The summed E-state index contributed by atoms with van der Waals surface area (Å²) in [4.78, 5) is 2.35. The highest BCUT2D eigenvalue weighted by molar-refractivity contribution is 5.58. The summed E-state index contributed by atoms with van der Waals surface area (Å²) in [6, 6.07) is 9.22. The summed E-state index contributed by atoms with van der Waals surface area (Å²) in [6.45, 7) is 0.781. The Kier molecular flexibility index (Phi) is 2.23. The average molecular weight is 176 g/mol. The summed E-state index contributed by atoms with van der Waals surface area (Å²) in [7, 11) is 2.16. The molecular weight excluding hydrogens is 160 g/mol. The van der Waals surface area contributed by atoms with E-state index in [4.69, 9.17) is 5.73 Å². The van der Waals surface area contributed by atoms with Gasteiger partial charge in [0.1, 0.15) is 0 Å². The molecule has 2 N–H and O–H groups in total. The first-order valence-electron chi connectivity index (χ1n) is 4.83. The van der Waals surface area contributed by atoms with Crippen LogP contribution in [0.4, 0.5) is 5.69 Å². The Morgan fingerprint density at radius 1 is 1.46 bits per heavy atom. The van der Waals surface area contributed by atoms with Crippen LogP contribution >= 0.6 is 0 Å². The fourth-order valence-corrected chi connectivity index (χ4v) is 2.10. The molecule has 0 aromatic heterocycles. The van der Waals surface area contributed by atoms with Crippen molar-refractivity contribution in [3.05, 3.63) is 29.8 Å². The Balaban J connectivity index is 2.22. The summed E-state index contributed by atoms with van der Waals surface area (Å²) in [5, 5.41) is 0. The molecule has 1 aromatic rings. The van der Waals surface area contributed by atoms with Gasteiger partial charge in [0, 0.05) is 18.8 Å². The summed E-state index contributed by atoms with van der Waals surface area (Å²) >= 11 is 0. The third-order valence-corrected chi connectivity index (χ3v) is 2.87. The lowest BCUT2D eigenvalue weighted by atomic mass is 10.1. The van der Waals surface area contributed by atoms with Gasteiger partial charge >= 0.3 is 0 Å². The third kappa shape index (κ3) is 1.42. The van der Waals surface area contributed by atoms with Gasteiger partial charge in [-0.1, -0.05) is 18.2 Å². The van der Waals surface area contributed by atoms with Gasteiger partial charge in [-0.05, 0) is 31.0 Å². The lowest BCUT2D eigenvalue weighted by Crippen LogP contribution is -2.29. The average Bonchev–Trinajstić information content (AvgIpc) is 2.46. The van der Waals surface area contributed by atoms with Crippen molar-refractivity contribution in [3.8, 4) is 0 Å². The molecule has 0 radical (unpaired) electrons. The van der Waals surface area contributed by atoms with Crippen LogP contribution in [-0.4, -0.2) is 19.6 Å². The zero-order valence-electron chi connectivity index (χ0n) is 8.03. The van der Waals surface area contributed by atoms with Crippen molar-refractivity contribution in [2.45, 2.75) is 18.9 Å². The standard InChI is InChI=1S/C11H16N2/c1-13-10(6-7-12)8-9-4-2-3-5-11(9)13/h2-5,10H,6-8,12H2,1H3. The lowest BCUT2D eigenvalue weighted by Gasteiger charge is -2.21. The topological polar surface area (TPSA) is 29.3 Å². The molecule has 0 saturated carbocycles. The molecule has 1 atom stereocenters. The fourth-order valence-electron chi connectivity index (χ4n) is 2.10. The van der Waals surface area contributed by atoms with Crippen LogP contribution in [0.5, 0.6) is 0 Å². The Bertz CT molecular complexity index is 296. The SMILES string of the molecule is CN1c2ccccc2CC1CCN. The van der Waals surface area contributed by atoms with Gasteiger partial charge in [0.2, 0.25) is 0 Å². The van der Waals surface area contributed by atoms with Gasteiger partial charge < -0.3 is 10.6 Å². The van der Waals surface area contributed by atoms with E-state index >= 15 is 0 Å². The molecule has 2 nitrogen and oxygen atoms in total. The van der Waals surface area contributed by atoms with E-state index < -0.39 is 0 Å². The first-order valence-corrected chi connectivity index (χ1v) is 4.83. The van der Waals surface area contributed by atoms with E-state index in [1.54, 1.807) is 0 Å². The van der Waals surface area contributed by atoms with Gasteiger partial charge in [0.15, 0.2) is 0 Å². The van der Waals surface area contributed by atoms with E-state index in [-0.39, 0.29) is 0 Å². The predicted molar refractivity (Wildman–Crippen MR) is 56.0 cm³/mol. The van der Waals surface area contributed by atoms with Crippen molar-refractivity contribution in [1.82, 2.24) is 0 Å². The highest BCUT2D eigenvalue weighted by atomic mass is 15.2. The van der Waals surface area contributed by atoms with Crippen LogP contribution in [0.15, 0.2) is 24.3 Å². The second kappa shape index (κ2) is 3.38. The predicted octanol–water partition coefficient (Wildman–Crippen LogP) is 1.40. The molecule has 1 aliphatic heterocycles. The van der Waals surface area contributed by atoms with Crippen LogP contribution in [0.1, 0.15) is 12.0 Å². The maximum Gasteiger partial charge on any atom is 0.0399 e. The molecule has 0 bridgehead atoms. The monoisotopic (exact) mass is 176 g/mol. The highest BCUT2D eigenvalue weighted by Gasteiger charge is 2.24. The quantitative estimate of drug-likeness (QED) is 0.738. The zero-order chi connectivity index (χ0) is 9.26. The Morgan fingerprint density at radius 2 is 2.23 bits per heavy atom. The minimum absolute atomic E-state index is 0.613. The maximum atomic E-state index is 5.58. The summed E-state index contributed by atoms with van der Waals surface area (Å²) in [6.07, 6.45) is 2.25. The van der Waals surface area contributed by atoms with Crippen LogP contribution < -0.4 is 10.6 Å². The number of hydrogen-bond donors (Lipinski definition) is 1. The molecular formula is C11H16N2. The molecule has 1 unspecified atom stereocenters. The second-order valence-corrected chi connectivity index (χ2v) is 3.67. The number of nitrogens with zero attached hydrogens (tertiary/aromatic N) is 1. The van der Waals surface area contributed by atoms with Crippen LogP contribution in [0.25, 0.3) is 0 Å².